The Kier molecular flexibility index (Phi) is 7.65. The summed E-state index contributed by atoms with van der Waals surface area (Å²) in [5, 5.41) is 15.7. The molecule has 0 saturated heterocycles. The summed E-state index contributed by atoms with van der Waals surface area (Å²) in [5.41, 5.74) is 0.581. The minimum atomic E-state index is -0.406. The Labute approximate surface area is 182 Å². The van der Waals surface area contributed by atoms with Crippen LogP contribution in [-0.4, -0.2) is 47.5 Å². The van der Waals surface area contributed by atoms with E-state index in [2.05, 4.69) is 47.1 Å². The SMILES string of the molecule is O=C(Nc1n[nH]c(C(=O)NCCCCCC2=NCCN2)c1Br)c1ccccc1Cl. The molecular weight excluding hydrogens is 460 g/mol. The van der Waals surface area contributed by atoms with Crippen molar-refractivity contribution in [3.05, 3.63) is 45.0 Å². The first kappa shape index (κ1) is 21.3. The predicted molar refractivity (Wildman–Crippen MR) is 117 cm³/mol. The lowest BCUT2D eigenvalue weighted by Gasteiger charge is -2.06. The molecule has 4 N–H and O–H groups in total. The van der Waals surface area contributed by atoms with Crippen LogP contribution in [0.15, 0.2) is 33.7 Å². The largest absolute Gasteiger partial charge is 0.372 e. The Balaban J connectivity index is 1.45. The van der Waals surface area contributed by atoms with Gasteiger partial charge >= 0.3 is 0 Å². The molecule has 2 heterocycles. The van der Waals surface area contributed by atoms with Crippen LogP contribution in [0.4, 0.5) is 5.82 Å². The average Bonchev–Trinajstić information content (AvgIpc) is 3.35. The molecule has 2 aromatic rings. The van der Waals surface area contributed by atoms with Crippen molar-refractivity contribution in [2.45, 2.75) is 25.7 Å². The lowest BCUT2D eigenvalue weighted by Crippen LogP contribution is -2.25. The normalized spacial score (nSPS) is 13.0. The molecule has 1 aliphatic heterocycles. The summed E-state index contributed by atoms with van der Waals surface area (Å²) in [6.45, 7) is 2.36. The van der Waals surface area contributed by atoms with E-state index < -0.39 is 5.91 Å². The maximum Gasteiger partial charge on any atom is 0.270 e. The highest BCUT2D eigenvalue weighted by Gasteiger charge is 2.19. The van der Waals surface area contributed by atoms with Crippen LogP contribution < -0.4 is 16.0 Å². The number of benzene rings is 1. The molecule has 0 fully saturated rings. The fourth-order valence-corrected chi connectivity index (χ4v) is 3.56. The first-order valence-corrected chi connectivity index (χ1v) is 10.6. The van der Waals surface area contributed by atoms with Crippen molar-refractivity contribution in [2.24, 2.45) is 4.99 Å². The zero-order chi connectivity index (χ0) is 20.6. The molecular formula is C19H22BrClN6O2. The molecule has 1 aromatic heterocycles. The van der Waals surface area contributed by atoms with Gasteiger partial charge < -0.3 is 16.0 Å². The van der Waals surface area contributed by atoms with Gasteiger partial charge in [-0.25, -0.2) is 0 Å². The van der Waals surface area contributed by atoms with E-state index in [9.17, 15) is 9.59 Å². The molecule has 10 heteroatoms. The van der Waals surface area contributed by atoms with Crippen LogP contribution in [0.3, 0.4) is 0 Å². The van der Waals surface area contributed by atoms with Gasteiger partial charge in [0.05, 0.1) is 27.4 Å². The summed E-state index contributed by atoms with van der Waals surface area (Å²) in [6, 6.07) is 6.71. The third kappa shape index (κ3) is 5.80. The molecule has 2 amide bonds. The maximum atomic E-state index is 12.4. The molecule has 0 bridgehead atoms. The topological polar surface area (TPSA) is 111 Å². The number of halogens is 2. The van der Waals surface area contributed by atoms with Crippen LogP contribution in [-0.2, 0) is 0 Å². The van der Waals surface area contributed by atoms with Crippen molar-refractivity contribution in [3.63, 3.8) is 0 Å². The molecule has 0 spiro atoms. The Hall–Kier alpha value is -2.39. The minimum Gasteiger partial charge on any atom is -0.372 e. The molecule has 29 heavy (non-hydrogen) atoms. The van der Waals surface area contributed by atoms with E-state index in [4.69, 9.17) is 11.6 Å². The molecule has 0 radical (unpaired) electrons. The van der Waals surface area contributed by atoms with Crippen molar-refractivity contribution < 1.29 is 9.59 Å². The fourth-order valence-electron chi connectivity index (χ4n) is 2.88. The smallest absolute Gasteiger partial charge is 0.270 e. The van der Waals surface area contributed by atoms with Crippen LogP contribution in [0.2, 0.25) is 5.02 Å². The number of H-pyrrole nitrogens is 1. The molecule has 0 atom stereocenters. The number of amidine groups is 1. The van der Waals surface area contributed by atoms with Crippen molar-refractivity contribution in [1.29, 1.82) is 0 Å². The summed E-state index contributed by atoms with van der Waals surface area (Å²) in [4.78, 5) is 29.1. The number of aliphatic imine (C=N–C) groups is 1. The van der Waals surface area contributed by atoms with Gasteiger partial charge in [-0.3, -0.25) is 19.7 Å². The minimum absolute atomic E-state index is 0.227. The standard InChI is InChI=1S/C19H22BrClN6O2/c20-15-16(19(29)24-9-5-1-2-8-14-22-10-11-23-14)26-27-17(15)25-18(28)12-6-3-4-7-13(12)21/h3-4,6-7H,1-2,5,8-11H2,(H,22,23)(H,24,29)(H2,25,26,27,28). The first-order valence-electron chi connectivity index (χ1n) is 9.41. The number of carbonyl (C=O) groups is 2. The highest BCUT2D eigenvalue weighted by atomic mass is 79.9. The van der Waals surface area contributed by atoms with E-state index in [1.807, 2.05) is 0 Å². The van der Waals surface area contributed by atoms with Crippen LogP contribution >= 0.6 is 27.5 Å². The van der Waals surface area contributed by atoms with Crippen molar-refractivity contribution in [2.75, 3.05) is 25.0 Å². The second kappa shape index (κ2) is 10.4. The van der Waals surface area contributed by atoms with Gasteiger partial charge in [0.2, 0.25) is 0 Å². The molecule has 1 aliphatic rings. The highest BCUT2D eigenvalue weighted by molar-refractivity contribution is 9.10. The number of amides is 2. The molecule has 0 saturated carbocycles. The zero-order valence-corrected chi connectivity index (χ0v) is 18.1. The number of hydrogen-bond acceptors (Lipinski definition) is 5. The number of carbonyl (C=O) groups excluding carboxylic acids is 2. The van der Waals surface area contributed by atoms with Gasteiger partial charge in [0.25, 0.3) is 11.8 Å². The van der Waals surface area contributed by atoms with Gasteiger partial charge in [0.1, 0.15) is 5.69 Å². The molecule has 8 nitrogen and oxygen atoms in total. The monoisotopic (exact) mass is 480 g/mol. The summed E-state index contributed by atoms with van der Waals surface area (Å²) in [6.07, 6.45) is 3.87. The quantitative estimate of drug-likeness (QED) is 0.411. The van der Waals surface area contributed by atoms with Crippen LogP contribution in [0.1, 0.15) is 46.5 Å². The van der Waals surface area contributed by atoms with Crippen LogP contribution in [0.5, 0.6) is 0 Å². The van der Waals surface area contributed by atoms with Crippen molar-refractivity contribution in [1.82, 2.24) is 20.8 Å². The van der Waals surface area contributed by atoms with Gasteiger partial charge in [-0.15, -0.1) is 0 Å². The number of hydrogen-bond donors (Lipinski definition) is 4. The molecule has 1 aromatic carbocycles. The van der Waals surface area contributed by atoms with E-state index in [1.165, 1.54) is 0 Å². The summed E-state index contributed by atoms with van der Waals surface area (Å²) in [7, 11) is 0. The van der Waals surface area contributed by atoms with Crippen molar-refractivity contribution in [3.8, 4) is 0 Å². The van der Waals surface area contributed by atoms with E-state index in [1.54, 1.807) is 24.3 Å². The van der Waals surface area contributed by atoms with Gasteiger partial charge in [-0.2, -0.15) is 5.10 Å². The van der Waals surface area contributed by atoms with E-state index >= 15 is 0 Å². The number of nitrogens with zero attached hydrogens (tertiary/aromatic N) is 2. The second-order valence-corrected chi connectivity index (χ2v) is 7.72. The molecule has 154 valence electrons. The number of aromatic nitrogens is 2. The molecule has 0 unspecified atom stereocenters. The Bertz CT molecular complexity index is 914. The van der Waals surface area contributed by atoms with Gasteiger partial charge in [0.15, 0.2) is 5.82 Å². The Morgan fingerprint density at radius 2 is 2.00 bits per heavy atom. The lowest BCUT2D eigenvalue weighted by molar-refractivity contribution is 0.0946. The lowest BCUT2D eigenvalue weighted by atomic mass is 10.2. The predicted octanol–water partition coefficient (Wildman–Crippen LogP) is 3.37. The Morgan fingerprint density at radius 1 is 1.17 bits per heavy atom. The summed E-state index contributed by atoms with van der Waals surface area (Å²) in [5.74, 6) is 0.618. The number of rotatable bonds is 9. The third-order valence-electron chi connectivity index (χ3n) is 4.40. The number of nitrogens with one attached hydrogen (secondary N) is 4. The number of anilines is 1. The highest BCUT2D eigenvalue weighted by Crippen LogP contribution is 2.25. The summed E-state index contributed by atoms with van der Waals surface area (Å²) >= 11 is 9.36. The number of aromatic amines is 1. The first-order chi connectivity index (χ1) is 14.1. The van der Waals surface area contributed by atoms with E-state index in [-0.39, 0.29) is 17.4 Å². The number of unbranched alkanes of at least 4 members (excludes halogenated alkanes) is 2. The average molecular weight is 482 g/mol. The molecule has 0 aliphatic carbocycles. The van der Waals surface area contributed by atoms with Crippen molar-refractivity contribution >= 4 is 51.0 Å². The van der Waals surface area contributed by atoms with Gasteiger partial charge in [0, 0.05) is 19.5 Å². The maximum absolute atomic E-state index is 12.4. The van der Waals surface area contributed by atoms with Gasteiger partial charge in [-0.05, 0) is 40.9 Å². The van der Waals surface area contributed by atoms with Crippen LogP contribution in [0.25, 0.3) is 0 Å². The van der Waals surface area contributed by atoms with Crippen LogP contribution in [0, 0.1) is 0 Å². The van der Waals surface area contributed by atoms with E-state index in [0.29, 0.717) is 21.6 Å². The fraction of sp³-hybridized carbons (Fsp3) is 0.368. The molecule has 3 rings (SSSR count). The zero-order valence-electron chi connectivity index (χ0n) is 15.7. The van der Waals surface area contributed by atoms with E-state index in [0.717, 1.165) is 44.6 Å². The Morgan fingerprint density at radius 3 is 2.76 bits per heavy atom. The summed E-state index contributed by atoms with van der Waals surface area (Å²) < 4.78 is 0.390. The second-order valence-electron chi connectivity index (χ2n) is 6.52. The van der Waals surface area contributed by atoms with Gasteiger partial charge in [-0.1, -0.05) is 30.2 Å². The third-order valence-corrected chi connectivity index (χ3v) is 5.51.